The van der Waals surface area contributed by atoms with E-state index in [0.29, 0.717) is 5.58 Å². The van der Waals surface area contributed by atoms with E-state index in [0.717, 1.165) is 39.6 Å². The smallest absolute Gasteiger partial charge is 0.234 e. The fourth-order valence-corrected chi connectivity index (χ4v) is 3.84. The number of furan rings is 1. The van der Waals surface area contributed by atoms with E-state index in [-0.39, 0.29) is 11.2 Å². The second-order valence-corrected chi connectivity index (χ2v) is 8.48. The summed E-state index contributed by atoms with van der Waals surface area (Å²) in [6, 6.07) is 7.04. The van der Waals surface area contributed by atoms with Crippen molar-refractivity contribution in [1.82, 2.24) is 4.98 Å². The molecule has 0 N–H and O–H groups in total. The first kappa shape index (κ1) is 17.7. The summed E-state index contributed by atoms with van der Waals surface area (Å²) in [7, 11) is 1.99. The van der Waals surface area contributed by atoms with Gasteiger partial charge in [0.1, 0.15) is 24.0 Å². The van der Waals surface area contributed by atoms with Gasteiger partial charge in [-0.25, -0.2) is 4.39 Å². The lowest BCUT2D eigenvalue weighted by Gasteiger charge is -2.20. The fraction of sp³-hybridized carbons (Fsp3) is 0.304. The van der Waals surface area contributed by atoms with Gasteiger partial charge in [-0.1, -0.05) is 26.8 Å². The molecule has 4 aromatic rings. The van der Waals surface area contributed by atoms with Crippen molar-refractivity contribution >= 4 is 21.9 Å². The highest BCUT2D eigenvalue weighted by Crippen LogP contribution is 2.41. The topological polar surface area (TPSA) is 29.9 Å². The minimum atomic E-state index is -0.288. The molecule has 0 spiro atoms. The molecule has 0 aliphatic carbocycles. The van der Waals surface area contributed by atoms with Gasteiger partial charge in [-0.05, 0) is 42.0 Å². The summed E-state index contributed by atoms with van der Waals surface area (Å²) in [5.41, 5.74) is 5.86. The third kappa shape index (κ3) is 3.09. The zero-order valence-corrected chi connectivity index (χ0v) is 16.4. The van der Waals surface area contributed by atoms with Crippen LogP contribution in [0.15, 0.2) is 47.3 Å². The number of benzene rings is 2. The number of hydrogen-bond acceptors (Lipinski definition) is 2. The van der Waals surface area contributed by atoms with Gasteiger partial charge in [-0.2, -0.15) is 4.57 Å². The average Bonchev–Trinajstić information content (AvgIpc) is 2.93. The molecule has 0 saturated carbocycles. The van der Waals surface area contributed by atoms with Crippen molar-refractivity contribution in [2.75, 3.05) is 0 Å². The minimum Gasteiger partial charge on any atom is -0.455 e. The monoisotopic (exact) mass is 363 g/mol. The minimum absolute atomic E-state index is 0.128. The molecule has 4 rings (SSSR count). The lowest BCUT2D eigenvalue weighted by atomic mass is 9.84. The van der Waals surface area contributed by atoms with Gasteiger partial charge in [-0.15, -0.1) is 0 Å². The summed E-state index contributed by atoms with van der Waals surface area (Å²) in [6.45, 7) is 8.78. The van der Waals surface area contributed by atoms with Crippen LogP contribution in [-0.2, 0) is 13.5 Å². The maximum Gasteiger partial charge on any atom is 0.234 e. The van der Waals surface area contributed by atoms with Crippen LogP contribution in [0, 0.1) is 18.2 Å². The largest absolute Gasteiger partial charge is 0.455 e. The molecule has 0 radical (unpaired) electrons. The molecule has 2 aromatic carbocycles. The molecule has 0 fully saturated rings. The Labute approximate surface area is 158 Å². The Morgan fingerprint density at radius 1 is 1.19 bits per heavy atom. The van der Waals surface area contributed by atoms with E-state index in [1.807, 2.05) is 30.1 Å². The number of aromatic nitrogens is 2. The number of rotatable bonds is 2. The summed E-state index contributed by atoms with van der Waals surface area (Å²) >= 11 is 0. The second-order valence-electron chi connectivity index (χ2n) is 8.48. The highest BCUT2D eigenvalue weighted by atomic mass is 19.1. The van der Waals surface area contributed by atoms with E-state index in [1.165, 1.54) is 17.7 Å². The molecule has 138 valence electrons. The molecule has 0 unspecified atom stereocenters. The third-order valence-electron chi connectivity index (χ3n) is 4.92. The quantitative estimate of drug-likeness (QED) is 0.440. The predicted molar refractivity (Wildman–Crippen MR) is 106 cm³/mol. The fourth-order valence-electron chi connectivity index (χ4n) is 3.84. The van der Waals surface area contributed by atoms with Gasteiger partial charge in [0.05, 0.1) is 18.0 Å². The molecule has 27 heavy (non-hydrogen) atoms. The Kier molecular flexibility index (Phi) is 4.02. The van der Waals surface area contributed by atoms with E-state index in [2.05, 4.69) is 38.7 Å². The van der Waals surface area contributed by atoms with Crippen molar-refractivity contribution in [2.45, 2.75) is 34.1 Å². The molecule has 0 aliphatic heterocycles. The molecular weight excluding hydrogens is 339 g/mol. The Bertz CT molecular complexity index is 1170. The van der Waals surface area contributed by atoms with Crippen molar-refractivity contribution in [2.24, 2.45) is 12.5 Å². The number of hydrogen-bond donors (Lipinski definition) is 0. The number of halogens is 1. The second kappa shape index (κ2) is 6.15. The predicted octanol–water partition coefficient (Wildman–Crippen LogP) is 5.51. The van der Waals surface area contributed by atoms with Gasteiger partial charge < -0.3 is 4.42 Å². The van der Waals surface area contributed by atoms with Gasteiger partial charge >= 0.3 is 0 Å². The lowest BCUT2D eigenvalue weighted by molar-refractivity contribution is -0.660. The maximum atomic E-state index is 13.8. The molecule has 0 amide bonds. The van der Waals surface area contributed by atoms with Crippen LogP contribution in [0.5, 0.6) is 0 Å². The van der Waals surface area contributed by atoms with Crippen LogP contribution in [0.4, 0.5) is 4.39 Å². The standard InChI is InChI=1S/C23H24FN2O/c1-14-10-15(12-23(2,3)4)21-17-7-6-16(24)11-19(17)27-22(21)20(14)18-13-25-8-9-26(18)5/h6-11,13H,12H2,1-5H3/q+1. The number of nitrogens with zero attached hydrogens (tertiary/aromatic N) is 2. The van der Waals surface area contributed by atoms with Crippen molar-refractivity contribution in [3.8, 4) is 11.3 Å². The molecule has 2 heterocycles. The van der Waals surface area contributed by atoms with Gasteiger partial charge in [0.25, 0.3) is 0 Å². The van der Waals surface area contributed by atoms with Crippen LogP contribution in [0.1, 0.15) is 31.9 Å². The summed E-state index contributed by atoms with van der Waals surface area (Å²) in [5.74, 6) is -0.288. The molecule has 2 aromatic heterocycles. The molecule has 0 atom stereocenters. The van der Waals surface area contributed by atoms with Crippen LogP contribution in [0.3, 0.4) is 0 Å². The van der Waals surface area contributed by atoms with Crippen LogP contribution in [0.2, 0.25) is 0 Å². The Morgan fingerprint density at radius 2 is 1.96 bits per heavy atom. The van der Waals surface area contributed by atoms with E-state index in [1.54, 1.807) is 6.20 Å². The number of fused-ring (bicyclic) bond motifs is 3. The summed E-state index contributed by atoms with van der Waals surface area (Å²) in [6.07, 6.45) is 6.44. The van der Waals surface area contributed by atoms with Gasteiger partial charge in [0.2, 0.25) is 5.69 Å². The van der Waals surface area contributed by atoms with Crippen molar-refractivity contribution in [3.05, 3.63) is 59.8 Å². The lowest BCUT2D eigenvalue weighted by Crippen LogP contribution is -2.30. The highest BCUT2D eigenvalue weighted by molar-refractivity contribution is 6.11. The van der Waals surface area contributed by atoms with Crippen molar-refractivity contribution in [3.63, 3.8) is 0 Å². The molecule has 0 aliphatic rings. The maximum absolute atomic E-state index is 13.8. The van der Waals surface area contributed by atoms with Crippen LogP contribution < -0.4 is 4.57 Å². The third-order valence-corrected chi connectivity index (χ3v) is 4.92. The Morgan fingerprint density at radius 3 is 2.67 bits per heavy atom. The normalized spacial score (nSPS) is 12.2. The Balaban J connectivity index is 2.15. The van der Waals surface area contributed by atoms with Crippen LogP contribution >= 0.6 is 0 Å². The van der Waals surface area contributed by atoms with E-state index in [4.69, 9.17) is 4.42 Å². The first-order valence-corrected chi connectivity index (χ1v) is 9.19. The first-order chi connectivity index (χ1) is 12.7. The molecular formula is C23H24FN2O+. The zero-order chi connectivity index (χ0) is 19.3. The van der Waals surface area contributed by atoms with Crippen LogP contribution in [-0.4, -0.2) is 4.98 Å². The van der Waals surface area contributed by atoms with Gasteiger partial charge in [0, 0.05) is 16.8 Å². The van der Waals surface area contributed by atoms with E-state index >= 15 is 0 Å². The molecule has 0 bridgehead atoms. The molecule has 3 nitrogen and oxygen atoms in total. The van der Waals surface area contributed by atoms with Gasteiger partial charge in [-0.3, -0.25) is 4.98 Å². The van der Waals surface area contributed by atoms with E-state index in [9.17, 15) is 4.39 Å². The summed E-state index contributed by atoms with van der Waals surface area (Å²) in [4.78, 5) is 4.30. The van der Waals surface area contributed by atoms with Crippen LogP contribution in [0.25, 0.3) is 33.2 Å². The zero-order valence-electron chi connectivity index (χ0n) is 16.4. The molecule has 4 heteroatoms. The summed E-state index contributed by atoms with van der Waals surface area (Å²) in [5, 5.41) is 2.03. The van der Waals surface area contributed by atoms with Gasteiger partial charge in [0.15, 0.2) is 6.20 Å². The van der Waals surface area contributed by atoms with Crippen molar-refractivity contribution < 1.29 is 13.4 Å². The average molecular weight is 363 g/mol. The first-order valence-electron chi connectivity index (χ1n) is 9.19. The number of aryl methyl sites for hydroxylation is 2. The van der Waals surface area contributed by atoms with Crippen molar-refractivity contribution in [1.29, 1.82) is 0 Å². The molecule has 0 saturated heterocycles. The highest BCUT2D eigenvalue weighted by Gasteiger charge is 2.25. The SMILES string of the molecule is Cc1cc(CC(C)(C)C)c2c(oc3cc(F)ccc32)c1-c1cncc[n+]1C. The Hall–Kier alpha value is -2.75. The summed E-state index contributed by atoms with van der Waals surface area (Å²) < 4.78 is 22.1. The van der Waals surface area contributed by atoms with E-state index < -0.39 is 0 Å².